The van der Waals surface area contributed by atoms with Crippen molar-refractivity contribution in [3.05, 3.63) is 11.3 Å². The van der Waals surface area contributed by atoms with Crippen molar-refractivity contribution in [2.24, 2.45) is 0 Å². The van der Waals surface area contributed by atoms with E-state index >= 15 is 0 Å². The second-order valence-corrected chi connectivity index (χ2v) is 2.23. The zero-order chi connectivity index (χ0) is 8.43. The van der Waals surface area contributed by atoms with Crippen molar-refractivity contribution in [3.63, 3.8) is 0 Å². The van der Waals surface area contributed by atoms with Gasteiger partial charge in [0.2, 0.25) is 0 Å². The van der Waals surface area contributed by atoms with Crippen LogP contribution in [0.5, 0.6) is 0 Å². The predicted molar refractivity (Wildman–Crippen MR) is 39.6 cm³/mol. The Kier molecular flexibility index (Phi) is 2.11. The molecule has 0 spiro atoms. The van der Waals surface area contributed by atoms with Crippen LogP contribution in [-0.4, -0.2) is 20.4 Å². The Morgan fingerprint density at radius 2 is 2.27 bits per heavy atom. The zero-order valence-electron chi connectivity index (χ0n) is 6.20. The SMILES string of the molecule is CCc1c(N)n[nH]c1C(O)O. The van der Waals surface area contributed by atoms with Gasteiger partial charge in [0.05, 0.1) is 5.69 Å². The Bertz CT molecular complexity index is 244. The first-order valence-corrected chi connectivity index (χ1v) is 3.35. The molecule has 5 nitrogen and oxygen atoms in total. The molecule has 0 bridgehead atoms. The number of aliphatic hydroxyl groups excluding tert-OH is 1. The van der Waals surface area contributed by atoms with E-state index in [0.717, 1.165) is 0 Å². The smallest absolute Gasteiger partial charge is 0.195 e. The Morgan fingerprint density at radius 1 is 1.64 bits per heavy atom. The monoisotopic (exact) mass is 157 g/mol. The molecule has 5 heteroatoms. The molecule has 11 heavy (non-hydrogen) atoms. The average Bonchev–Trinajstić information content (AvgIpc) is 2.30. The second-order valence-electron chi connectivity index (χ2n) is 2.23. The van der Waals surface area contributed by atoms with Crippen LogP contribution in [-0.2, 0) is 6.42 Å². The van der Waals surface area contributed by atoms with E-state index in [-0.39, 0.29) is 5.69 Å². The Balaban J connectivity index is 3.05. The van der Waals surface area contributed by atoms with E-state index < -0.39 is 6.29 Å². The minimum atomic E-state index is -1.52. The summed E-state index contributed by atoms with van der Waals surface area (Å²) in [5.41, 5.74) is 6.37. The first-order chi connectivity index (χ1) is 5.16. The Labute approximate surface area is 63.9 Å². The number of nitrogens with two attached hydrogens (primary N) is 1. The van der Waals surface area contributed by atoms with E-state index in [1.807, 2.05) is 6.92 Å². The summed E-state index contributed by atoms with van der Waals surface area (Å²) < 4.78 is 0. The van der Waals surface area contributed by atoms with E-state index in [0.29, 0.717) is 17.8 Å². The van der Waals surface area contributed by atoms with E-state index in [1.54, 1.807) is 0 Å². The van der Waals surface area contributed by atoms with Crippen LogP contribution < -0.4 is 5.73 Å². The highest BCUT2D eigenvalue weighted by Crippen LogP contribution is 2.18. The second kappa shape index (κ2) is 2.89. The van der Waals surface area contributed by atoms with Crippen molar-refractivity contribution < 1.29 is 10.2 Å². The molecule has 0 aliphatic heterocycles. The van der Waals surface area contributed by atoms with Gasteiger partial charge in [-0.25, -0.2) is 0 Å². The molecule has 5 N–H and O–H groups in total. The lowest BCUT2D eigenvalue weighted by Gasteiger charge is -2.01. The normalized spacial score (nSPS) is 10.9. The number of hydrogen-bond acceptors (Lipinski definition) is 4. The van der Waals surface area contributed by atoms with Crippen molar-refractivity contribution in [2.45, 2.75) is 19.6 Å². The fraction of sp³-hybridized carbons (Fsp3) is 0.500. The first kappa shape index (κ1) is 8.03. The predicted octanol–water partition coefficient (Wildman–Crippen LogP) is -0.463. The molecular weight excluding hydrogens is 146 g/mol. The molecule has 0 amide bonds. The summed E-state index contributed by atoms with van der Waals surface area (Å²) in [6.07, 6.45) is -0.885. The van der Waals surface area contributed by atoms with Crippen LogP contribution in [0.3, 0.4) is 0 Å². The summed E-state index contributed by atoms with van der Waals surface area (Å²) in [7, 11) is 0. The number of anilines is 1. The quantitative estimate of drug-likeness (QED) is 0.437. The highest BCUT2D eigenvalue weighted by molar-refractivity contribution is 5.42. The molecule has 0 saturated carbocycles. The van der Waals surface area contributed by atoms with Gasteiger partial charge in [-0.15, -0.1) is 0 Å². The van der Waals surface area contributed by atoms with Gasteiger partial charge in [-0.1, -0.05) is 6.92 Å². The Hall–Kier alpha value is -1.07. The lowest BCUT2D eigenvalue weighted by Crippen LogP contribution is -2.00. The lowest BCUT2D eigenvalue weighted by atomic mass is 10.2. The summed E-state index contributed by atoms with van der Waals surface area (Å²) >= 11 is 0. The van der Waals surface area contributed by atoms with Crippen LogP contribution in [0.25, 0.3) is 0 Å². The van der Waals surface area contributed by atoms with Gasteiger partial charge in [-0.05, 0) is 6.42 Å². The topological polar surface area (TPSA) is 95.2 Å². The van der Waals surface area contributed by atoms with Crippen molar-refractivity contribution in [2.75, 3.05) is 5.73 Å². The molecule has 62 valence electrons. The highest BCUT2D eigenvalue weighted by atomic mass is 16.5. The minimum Gasteiger partial charge on any atom is -0.382 e. The lowest BCUT2D eigenvalue weighted by molar-refractivity contribution is -0.0464. The van der Waals surface area contributed by atoms with E-state index in [9.17, 15) is 0 Å². The molecule has 0 atom stereocenters. The standard InChI is InChI=1S/C6H11N3O2/c1-2-3-4(6(10)11)8-9-5(3)7/h6,10-11H,2H2,1H3,(H3,7,8,9). The van der Waals surface area contributed by atoms with Crippen molar-refractivity contribution >= 4 is 5.82 Å². The molecule has 1 rings (SSSR count). The van der Waals surface area contributed by atoms with Gasteiger partial charge in [0.25, 0.3) is 0 Å². The van der Waals surface area contributed by atoms with Crippen molar-refractivity contribution in [1.29, 1.82) is 0 Å². The number of H-pyrrole nitrogens is 1. The summed E-state index contributed by atoms with van der Waals surface area (Å²) in [5, 5.41) is 23.6. The van der Waals surface area contributed by atoms with E-state index in [4.69, 9.17) is 15.9 Å². The number of aliphatic hydroxyl groups is 2. The molecule has 0 fully saturated rings. The number of aromatic nitrogens is 2. The summed E-state index contributed by atoms with van der Waals surface area (Å²) in [4.78, 5) is 0. The van der Waals surface area contributed by atoms with E-state index in [1.165, 1.54) is 0 Å². The number of nitrogens with one attached hydrogen (secondary N) is 1. The fourth-order valence-electron chi connectivity index (χ4n) is 0.979. The van der Waals surface area contributed by atoms with Crippen LogP contribution in [0, 0.1) is 0 Å². The maximum Gasteiger partial charge on any atom is 0.195 e. The first-order valence-electron chi connectivity index (χ1n) is 3.35. The van der Waals surface area contributed by atoms with Gasteiger partial charge in [0, 0.05) is 5.56 Å². The number of hydrogen-bond donors (Lipinski definition) is 4. The number of nitrogens with zero attached hydrogens (tertiary/aromatic N) is 1. The zero-order valence-corrected chi connectivity index (χ0v) is 6.20. The molecule has 0 saturated heterocycles. The number of rotatable bonds is 2. The van der Waals surface area contributed by atoms with Crippen molar-refractivity contribution in [1.82, 2.24) is 10.2 Å². The molecular formula is C6H11N3O2. The average molecular weight is 157 g/mol. The van der Waals surface area contributed by atoms with E-state index in [2.05, 4.69) is 10.2 Å². The third kappa shape index (κ3) is 1.33. The molecule has 0 unspecified atom stereocenters. The van der Waals surface area contributed by atoms with Gasteiger partial charge in [0.15, 0.2) is 6.29 Å². The third-order valence-corrected chi connectivity index (χ3v) is 1.54. The van der Waals surface area contributed by atoms with Gasteiger partial charge in [-0.3, -0.25) is 5.10 Å². The molecule has 1 aromatic heterocycles. The molecule has 1 aromatic rings. The minimum absolute atomic E-state index is 0.282. The van der Waals surface area contributed by atoms with Crippen LogP contribution >= 0.6 is 0 Å². The maximum atomic E-state index is 8.78. The summed E-state index contributed by atoms with van der Waals surface area (Å²) in [6.45, 7) is 1.87. The Morgan fingerprint density at radius 3 is 2.64 bits per heavy atom. The van der Waals surface area contributed by atoms with Crippen LogP contribution in [0.15, 0.2) is 0 Å². The van der Waals surface area contributed by atoms with Gasteiger partial charge >= 0.3 is 0 Å². The number of nitrogen functional groups attached to an aromatic ring is 1. The third-order valence-electron chi connectivity index (χ3n) is 1.54. The molecule has 0 radical (unpaired) electrons. The fourth-order valence-corrected chi connectivity index (χ4v) is 0.979. The summed E-state index contributed by atoms with van der Waals surface area (Å²) in [5.74, 6) is 0.329. The maximum absolute atomic E-state index is 8.78. The van der Waals surface area contributed by atoms with Gasteiger partial charge < -0.3 is 15.9 Å². The summed E-state index contributed by atoms with van der Waals surface area (Å²) in [6, 6.07) is 0. The van der Waals surface area contributed by atoms with Crippen LogP contribution in [0.4, 0.5) is 5.82 Å². The molecule has 1 heterocycles. The van der Waals surface area contributed by atoms with Crippen LogP contribution in [0.1, 0.15) is 24.5 Å². The molecule has 0 aliphatic rings. The van der Waals surface area contributed by atoms with Gasteiger partial charge in [-0.2, -0.15) is 5.10 Å². The number of aromatic amines is 1. The largest absolute Gasteiger partial charge is 0.382 e. The van der Waals surface area contributed by atoms with Crippen molar-refractivity contribution in [3.8, 4) is 0 Å². The molecule has 0 aliphatic carbocycles. The molecule has 0 aromatic carbocycles. The van der Waals surface area contributed by atoms with Gasteiger partial charge in [0.1, 0.15) is 5.82 Å². The van der Waals surface area contributed by atoms with Crippen LogP contribution in [0.2, 0.25) is 0 Å². The highest BCUT2D eigenvalue weighted by Gasteiger charge is 2.13.